The van der Waals surface area contributed by atoms with Gasteiger partial charge >= 0.3 is 12.3 Å². The molecule has 116 valence electrons. The van der Waals surface area contributed by atoms with Crippen molar-refractivity contribution in [1.29, 1.82) is 0 Å². The lowest BCUT2D eigenvalue weighted by Gasteiger charge is -2.09. The van der Waals surface area contributed by atoms with Gasteiger partial charge in [-0.05, 0) is 43.3 Å². The first-order valence-corrected chi connectivity index (χ1v) is 6.39. The zero-order chi connectivity index (χ0) is 16.2. The molecule has 7 heteroatoms. The third kappa shape index (κ3) is 4.21. The maximum absolute atomic E-state index is 12.1. The van der Waals surface area contributed by atoms with Gasteiger partial charge in [0.05, 0.1) is 12.3 Å². The minimum atomic E-state index is -4.73. The highest BCUT2D eigenvalue weighted by Gasteiger charge is 2.30. The van der Waals surface area contributed by atoms with Crippen molar-refractivity contribution in [3.8, 4) is 17.0 Å². The van der Waals surface area contributed by atoms with Gasteiger partial charge in [-0.3, -0.25) is 0 Å². The second kappa shape index (κ2) is 6.46. The molecular formula is C15H12F3NO3. The van der Waals surface area contributed by atoms with Crippen molar-refractivity contribution in [3.63, 3.8) is 0 Å². The fraction of sp³-hybridized carbons (Fsp3) is 0.200. The lowest BCUT2D eigenvalue weighted by atomic mass is 10.1. The molecule has 0 unspecified atom stereocenters. The van der Waals surface area contributed by atoms with Gasteiger partial charge in [-0.2, -0.15) is 0 Å². The average Bonchev–Trinajstić information content (AvgIpc) is 2.47. The Labute approximate surface area is 124 Å². The summed E-state index contributed by atoms with van der Waals surface area (Å²) in [5.74, 6) is -0.876. The van der Waals surface area contributed by atoms with E-state index in [4.69, 9.17) is 4.74 Å². The predicted molar refractivity (Wildman–Crippen MR) is 72.3 cm³/mol. The van der Waals surface area contributed by atoms with E-state index in [1.54, 1.807) is 19.1 Å². The van der Waals surface area contributed by atoms with Gasteiger partial charge in [-0.15, -0.1) is 13.2 Å². The van der Waals surface area contributed by atoms with Crippen molar-refractivity contribution >= 4 is 5.97 Å². The Balaban J connectivity index is 2.21. The molecule has 1 heterocycles. The summed E-state index contributed by atoms with van der Waals surface area (Å²) in [5, 5.41) is 0. The highest BCUT2D eigenvalue weighted by molar-refractivity contribution is 5.87. The van der Waals surface area contributed by atoms with Gasteiger partial charge < -0.3 is 9.47 Å². The predicted octanol–water partition coefficient (Wildman–Crippen LogP) is 3.82. The second-order valence-electron chi connectivity index (χ2n) is 4.20. The minimum absolute atomic E-state index is 0.134. The van der Waals surface area contributed by atoms with Crippen molar-refractivity contribution in [3.05, 3.63) is 48.2 Å². The number of alkyl halides is 3. The van der Waals surface area contributed by atoms with Gasteiger partial charge in [0, 0.05) is 5.56 Å². The van der Waals surface area contributed by atoms with E-state index in [1.165, 1.54) is 30.3 Å². The van der Waals surface area contributed by atoms with Crippen LogP contribution in [0.1, 0.15) is 17.4 Å². The van der Waals surface area contributed by atoms with Gasteiger partial charge in [0.25, 0.3) is 0 Å². The standard InChI is InChI=1S/C15H12F3NO3/c1-2-21-14(20)13-5-3-4-12(19-13)10-6-8-11(9-7-10)22-15(16,17)18/h3-9H,2H2,1H3. The molecule has 0 amide bonds. The summed E-state index contributed by atoms with van der Waals surface area (Å²) in [5.41, 5.74) is 1.14. The average molecular weight is 311 g/mol. The molecule has 4 nitrogen and oxygen atoms in total. The van der Waals surface area contributed by atoms with E-state index in [0.717, 1.165) is 0 Å². The number of nitrogens with zero attached hydrogens (tertiary/aromatic N) is 1. The molecule has 0 aliphatic rings. The van der Waals surface area contributed by atoms with Crippen LogP contribution in [0.2, 0.25) is 0 Å². The largest absolute Gasteiger partial charge is 0.573 e. The highest BCUT2D eigenvalue weighted by Crippen LogP contribution is 2.25. The molecule has 0 radical (unpaired) electrons. The van der Waals surface area contributed by atoms with Crippen LogP contribution in [-0.4, -0.2) is 23.9 Å². The topological polar surface area (TPSA) is 48.4 Å². The van der Waals surface area contributed by atoms with Crippen molar-refractivity contribution < 1.29 is 27.4 Å². The quantitative estimate of drug-likeness (QED) is 0.805. The van der Waals surface area contributed by atoms with Crippen LogP contribution in [0, 0.1) is 0 Å². The number of aromatic nitrogens is 1. The van der Waals surface area contributed by atoms with Gasteiger partial charge in [-0.1, -0.05) is 6.07 Å². The summed E-state index contributed by atoms with van der Waals surface area (Å²) in [4.78, 5) is 15.7. The first-order chi connectivity index (χ1) is 10.4. The number of halogens is 3. The molecule has 1 aromatic carbocycles. The third-order valence-electron chi connectivity index (χ3n) is 2.62. The van der Waals surface area contributed by atoms with E-state index in [9.17, 15) is 18.0 Å². The number of hydrogen-bond acceptors (Lipinski definition) is 4. The number of benzene rings is 1. The van der Waals surface area contributed by atoms with E-state index < -0.39 is 12.3 Å². The van der Waals surface area contributed by atoms with Crippen LogP contribution in [0.4, 0.5) is 13.2 Å². The summed E-state index contributed by atoms with van der Waals surface area (Å²) in [6.07, 6.45) is -4.73. The molecule has 0 fully saturated rings. The van der Waals surface area contributed by atoms with Crippen LogP contribution >= 0.6 is 0 Å². The fourth-order valence-electron chi connectivity index (χ4n) is 1.74. The maximum atomic E-state index is 12.1. The van der Waals surface area contributed by atoms with Crippen molar-refractivity contribution in [2.75, 3.05) is 6.61 Å². The minimum Gasteiger partial charge on any atom is -0.461 e. The number of hydrogen-bond donors (Lipinski definition) is 0. The highest BCUT2D eigenvalue weighted by atomic mass is 19.4. The Morgan fingerprint density at radius 2 is 1.82 bits per heavy atom. The summed E-state index contributed by atoms with van der Waals surface area (Å²) < 4.78 is 44.9. The maximum Gasteiger partial charge on any atom is 0.573 e. The molecule has 22 heavy (non-hydrogen) atoms. The van der Waals surface area contributed by atoms with Crippen LogP contribution < -0.4 is 4.74 Å². The van der Waals surface area contributed by atoms with Gasteiger partial charge in [0.1, 0.15) is 11.4 Å². The first-order valence-electron chi connectivity index (χ1n) is 6.39. The van der Waals surface area contributed by atoms with Crippen molar-refractivity contribution in [2.45, 2.75) is 13.3 Å². The van der Waals surface area contributed by atoms with Crippen LogP contribution in [0.25, 0.3) is 11.3 Å². The fourth-order valence-corrected chi connectivity index (χ4v) is 1.74. The lowest BCUT2D eigenvalue weighted by Crippen LogP contribution is -2.16. The van der Waals surface area contributed by atoms with Crippen molar-refractivity contribution in [1.82, 2.24) is 4.98 Å². The van der Waals surface area contributed by atoms with Gasteiger partial charge in [0.2, 0.25) is 0 Å². The number of carbonyl (C=O) groups is 1. The van der Waals surface area contributed by atoms with E-state index >= 15 is 0 Å². The molecule has 2 aromatic rings. The Kier molecular flexibility index (Phi) is 4.65. The Morgan fingerprint density at radius 1 is 1.14 bits per heavy atom. The molecular weight excluding hydrogens is 299 g/mol. The molecule has 0 aliphatic heterocycles. The van der Waals surface area contributed by atoms with E-state index in [-0.39, 0.29) is 18.1 Å². The number of carbonyl (C=O) groups excluding carboxylic acids is 1. The third-order valence-corrected chi connectivity index (χ3v) is 2.62. The number of rotatable bonds is 4. The molecule has 0 saturated carbocycles. The van der Waals surface area contributed by atoms with Gasteiger partial charge in [0.15, 0.2) is 0 Å². The summed E-state index contributed by atoms with van der Waals surface area (Å²) in [7, 11) is 0. The molecule has 0 aliphatic carbocycles. The number of pyridine rings is 1. The van der Waals surface area contributed by atoms with Crippen LogP contribution in [0.5, 0.6) is 5.75 Å². The zero-order valence-electron chi connectivity index (χ0n) is 11.6. The normalized spacial score (nSPS) is 11.1. The summed E-state index contributed by atoms with van der Waals surface area (Å²) in [6.45, 7) is 1.91. The molecule has 0 N–H and O–H groups in total. The molecule has 0 bridgehead atoms. The lowest BCUT2D eigenvalue weighted by molar-refractivity contribution is -0.274. The smallest absolute Gasteiger partial charge is 0.461 e. The van der Waals surface area contributed by atoms with Gasteiger partial charge in [-0.25, -0.2) is 9.78 Å². The summed E-state index contributed by atoms with van der Waals surface area (Å²) >= 11 is 0. The van der Waals surface area contributed by atoms with Crippen LogP contribution in [0.3, 0.4) is 0 Å². The van der Waals surface area contributed by atoms with E-state index in [2.05, 4.69) is 9.72 Å². The van der Waals surface area contributed by atoms with Crippen molar-refractivity contribution in [2.24, 2.45) is 0 Å². The molecule has 2 rings (SSSR count). The van der Waals surface area contributed by atoms with E-state index in [0.29, 0.717) is 11.3 Å². The Hall–Kier alpha value is -2.57. The Bertz CT molecular complexity index is 654. The first kappa shape index (κ1) is 15.8. The molecule has 1 aromatic heterocycles. The van der Waals surface area contributed by atoms with E-state index in [1.807, 2.05) is 0 Å². The molecule has 0 spiro atoms. The number of esters is 1. The monoisotopic (exact) mass is 311 g/mol. The molecule has 0 saturated heterocycles. The number of ether oxygens (including phenoxy) is 2. The second-order valence-corrected chi connectivity index (χ2v) is 4.20. The zero-order valence-corrected chi connectivity index (χ0v) is 11.6. The SMILES string of the molecule is CCOC(=O)c1cccc(-c2ccc(OC(F)(F)F)cc2)n1. The Morgan fingerprint density at radius 3 is 2.41 bits per heavy atom. The van der Waals surface area contributed by atoms with Crippen LogP contribution in [-0.2, 0) is 4.74 Å². The van der Waals surface area contributed by atoms with Crippen LogP contribution in [0.15, 0.2) is 42.5 Å². The summed E-state index contributed by atoms with van der Waals surface area (Å²) in [6, 6.07) is 9.99. The molecule has 0 atom stereocenters.